The number of para-hydroxylation sites is 2. The second kappa shape index (κ2) is 7.31. The zero-order chi connectivity index (χ0) is 15.4. The summed E-state index contributed by atoms with van der Waals surface area (Å²) in [6, 6.07) is 8.38. The smallest absolute Gasteiger partial charge is 0.183 e. The fourth-order valence-electron chi connectivity index (χ4n) is 2.80. The van der Waals surface area contributed by atoms with Crippen LogP contribution in [0.1, 0.15) is 17.7 Å². The van der Waals surface area contributed by atoms with Crippen molar-refractivity contribution in [1.29, 1.82) is 0 Å². The van der Waals surface area contributed by atoms with Crippen LogP contribution in [-0.2, 0) is 6.54 Å². The summed E-state index contributed by atoms with van der Waals surface area (Å²) < 4.78 is 0.580. The minimum atomic E-state index is 0.305. The third-order valence-electron chi connectivity index (χ3n) is 4.10. The normalized spacial score (nSPS) is 16.0. The van der Waals surface area contributed by atoms with Crippen molar-refractivity contribution in [2.45, 2.75) is 19.4 Å². The van der Waals surface area contributed by atoms with Crippen LogP contribution in [0.25, 0.3) is 0 Å². The van der Waals surface area contributed by atoms with E-state index in [-0.39, 0.29) is 0 Å². The summed E-state index contributed by atoms with van der Waals surface area (Å²) in [5.41, 5.74) is 2.36. The molecule has 0 aliphatic carbocycles. The van der Waals surface area contributed by atoms with Crippen molar-refractivity contribution >= 4 is 34.3 Å². The van der Waals surface area contributed by atoms with E-state index in [4.69, 9.17) is 11.6 Å². The van der Waals surface area contributed by atoms with Crippen LogP contribution < -0.4 is 10.2 Å². The molecule has 2 heterocycles. The van der Waals surface area contributed by atoms with Gasteiger partial charge >= 0.3 is 0 Å². The van der Waals surface area contributed by atoms with Crippen molar-refractivity contribution in [3.05, 3.63) is 39.8 Å². The van der Waals surface area contributed by atoms with Crippen LogP contribution in [0.3, 0.4) is 0 Å². The summed E-state index contributed by atoms with van der Waals surface area (Å²) in [6.45, 7) is 3.03. The second-order valence-electron chi connectivity index (χ2n) is 5.56. The lowest BCUT2D eigenvalue weighted by Gasteiger charge is -2.34. The molecule has 0 atom stereocenters. The van der Waals surface area contributed by atoms with E-state index in [2.05, 4.69) is 33.4 Å². The first kappa shape index (κ1) is 15.6. The fraction of sp³-hybridized carbons (Fsp3) is 0.438. The number of hydrogen-bond donors (Lipinski definition) is 2. The van der Waals surface area contributed by atoms with E-state index in [0.717, 1.165) is 43.0 Å². The Morgan fingerprint density at radius 1 is 1.32 bits per heavy atom. The van der Waals surface area contributed by atoms with Gasteiger partial charge in [0.05, 0.1) is 17.9 Å². The molecule has 22 heavy (non-hydrogen) atoms. The van der Waals surface area contributed by atoms with Crippen LogP contribution in [0.2, 0.25) is 4.47 Å². The number of aliphatic hydroxyl groups excluding tert-OH is 1. The zero-order valence-corrected chi connectivity index (χ0v) is 13.9. The Labute approximate surface area is 139 Å². The Morgan fingerprint density at radius 3 is 2.77 bits per heavy atom. The van der Waals surface area contributed by atoms with Gasteiger partial charge in [0.1, 0.15) is 0 Å². The van der Waals surface area contributed by atoms with E-state index in [1.807, 2.05) is 12.3 Å². The first-order valence-corrected chi connectivity index (χ1v) is 8.74. The maximum Gasteiger partial charge on any atom is 0.183 e. The number of anilines is 2. The number of aliphatic hydroxyl groups is 1. The Hall–Kier alpha value is -1.30. The molecule has 1 aliphatic heterocycles. The number of benzene rings is 1. The SMILES string of the molecule is OCC1CCN(c2ccccc2NCc2cnc(Cl)s2)CC1. The fourth-order valence-corrected chi connectivity index (χ4v) is 3.72. The topological polar surface area (TPSA) is 48.4 Å². The zero-order valence-electron chi connectivity index (χ0n) is 12.3. The van der Waals surface area contributed by atoms with Gasteiger partial charge in [-0.1, -0.05) is 23.7 Å². The van der Waals surface area contributed by atoms with Gasteiger partial charge in [-0.15, -0.1) is 11.3 Å². The molecular weight excluding hydrogens is 318 g/mol. The van der Waals surface area contributed by atoms with Crippen molar-refractivity contribution in [3.63, 3.8) is 0 Å². The third kappa shape index (κ3) is 3.72. The van der Waals surface area contributed by atoms with E-state index in [1.54, 1.807) is 0 Å². The Balaban J connectivity index is 1.67. The molecular formula is C16H20ClN3OS. The first-order chi connectivity index (χ1) is 10.8. The number of thiazole rings is 1. The van der Waals surface area contributed by atoms with Crippen LogP contribution in [0.4, 0.5) is 11.4 Å². The van der Waals surface area contributed by atoms with Crippen molar-refractivity contribution in [3.8, 4) is 0 Å². The van der Waals surface area contributed by atoms with E-state index >= 15 is 0 Å². The maximum absolute atomic E-state index is 9.27. The lowest BCUT2D eigenvalue weighted by atomic mass is 9.97. The van der Waals surface area contributed by atoms with Crippen LogP contribution in [-0.4, -0.2) is 29.8 Å². The Bertz CT molecular complexity index is 611. The highest BCUT2D eigenvalue weighted by Gasteiger charge is 2.20. The molecule has 0 unspecified atom stereocenters. The summed E-state index contributed by atoms with van der Waals surface area (Å²) in [6.07, 6.45) is 3.92. The Morgan fingerprint density at radius 2 is 2.09 bits per heavy atom. The average molecular weight is 338 g/mol. The molecule has 2 N–H and O–H groups in total. The molecule has 0 bridgehead atoms. The molecule has 1 saturated heterocycles. The number of nitrogens with zero attached hydrogens (tertiary/aromatic N) is 2. The summed E-state index contributed by atoms with van der Waals surface area (Å²) in [7, 11) is 0. The van der Waals surface area contributed by atoms with Crippen LogP contribution >= 0.6 is 22.9 Å². The van der Waals surface area contributed by atoms with Crippen LogP contribution in [0.5, 0.6) is 0 Å². The summed E-state index contributed by atoms with van der Waals surface area (Å²) in [5, 5.41) is 12.8. The monoisotopic (exact) mass is 337 g/mol. The second-order valence-corrected chi connectivity index (χ2v) is 7.26. The van der Waals surface area contributed by atoms with Gasteiger partial charge in [0.25, 0.3) is 0 Å². The van der Waals surface area contributed by atoms with Gasteiger partial charge in [-0.05, 0) is 30.9 Å². The van der Waals surface area contributed by atoms with E-state index < -0.39 is 0 Å². The molecule has 1 aromatic carbocycles. The number of rotatable bonds is 5. The molecule has 118 valence electrons. The first-order valence-electron chi connectivity index (χ1n) is 7.55. The molecule has 2 aromatic rings. The summed E-state index contributed by atoms with van der Waals surface area (Å²) in [4.78, 5) is 7.59. The third-order valence-corrected chi connectivity index (χ3v) is 5.21. The highest BCUT2D eigenvalue weighted by atomic mass is 35.5. The number of halogens is 1. The lowest BCUT2D eigenvalue weighted by molar-refractivity contribution is 0.203. The minimum Gasteiger partial charge on any atom is -0.396 e. The molecule has 0 radical (unpaired) electrons. The highest BCUT2D eigenvalue weighted by molar-refractivity contribution is 7.15. The molecule has 1 aliphatic rings. The molecule has 0 amide bonds. The van der Waals surface area contributed by atoms with E-state index in [0.29, 0.717) is 17.0 Å². The molecule has 6 heteroatoms. The summed E-state index contributed by atoms with van der Waals surface area (Å²) in [5.74, 6) is 0.454. The standard InChI is InChI=1S/C16H20ClN3OS/c17-16-19-10-13(22-16)9-18-14-3-1-2-4-15(14)20-7-5-12(11-21)6-8-20/h1-4,10,12,18,21H,5-9,11H2. The van der Waals surface area contributed by atoms with Crippen LogP contribution in [0, 0.1) is 5.92 Å². The predicted octanol–water partition coefficient (Wildman–Crippen LogP) is 3.62. The van der Waals surface area contributed by atoms with Gasteiger partial charge in [0.15, 0.2) is 4.47 Å². The number of piperidine rings is 1. The molecule has 1 aromatic heterocycles. The van der Waals surface area contributed by atoms with Crippen molar-refractivity contribution in [2.75, 3.05) is 29.9 Å². The minimum absolute atomic E-state index is 0.305. The Kier molecular flexibility index (Phi) is 5.18. The van der Waals surface area contributed by atoms with Crippen molar-refractivity contribution in [2.24, 2.45) is 5.92 Å². The van der Waals surface area contributed by atoms with E-state index in [1.165, 1.54) is 17.0 Å². The lowest BCUT2D eigenvalue weighted by Crippen LogP contribution is -2.35. The van der Waals surface area contributed by atoms with Gasteiger partial charge in [-0.3, -0.25) is 0 Å². The number of aromatic nitrogens is 1. The quantitative estimate of drug-likeness (QED) is 0.875. The molecule has 3 rings (SSSR count). The molecule has 0 saturated carbocycles. The van der Waals surface area contributed by atoms with Gasteiger partial charge in [0, 0.05) is 30.8 Å². The molecule has 0 spiro atoms. The largest absolute Gasteiger partial charge is 0.396 e. The maximum atomic E-state index is 9.27. The number of hydrogen-bond acceptors (Lipinski definition) is 5. The van der Waals surface area contributed by atoms with Crippen molar-refractivity contribution in [1.82, 2.24) is 4.98 Å². The van der Waals surface area contributed by atoms with E-state index in [9.17, 15) is 5.11 Å². The summed E-state index contributed by atoms with van der Waals surface area (Å²) >= 11 is 7.38. The number of nitrogens with one attached hydrogen (secondary N) is 1. The average Bonchev–Trinajstić information content (AvgIpc) is 2.99. The van der Waals surface area contributed by atoms with Gasteiger partial charge in [-0.2, -0.15) is 0 Å². The highest BCUT2D eigenvalue weighted by Crippen LogP contribution is 2.30. The predicted molar refractivity (Wildman–Crippen MR) is 92.9 cm³/mol. The van der Waals surface area contributed by atoms with Gasteiger partial charge in [0.2, 0.25) is 0 Å². The molecule has 1 fully saturated rings. The molecule has 4 nitrogen and oxygen atoms in total. The van der Waals surface area contributed by atoms with Crippen LogP contribution in [0.15, 0.2) is 30.5 Å². The van der Waals surface area contributed by atoms with Gasteiger partial charge < -0.3 is 15.3 Å². The van der Waals surface area contributed by atoms with Crippen molar-refractivity contribution < 1.29 is 5.11 Å². The van der Waals surface area contributed by atoms with Gasteiger partial charge in [-0.25, -0.2) is 4.98 Å².